The number of aliphatic carboxylic acids is 1. The summed E-state index contributed by atoms with van der Waals surface area (Å²) < 4.78 is 26.7. The Morgan fingerprint density at radius 3 is 2.48 bits per heavy atom. The molecule has 0 radical (unpaired) electrons. The first-order valence-electron chi connectivity index (χ1n) is 6.64. The summed E-state index contributed by atoms with van der Waals surface area (Å²) in [7, 11) is 0. The zero-order valence-electron chi connectivity index (χ0n) is 10.9. The van der Waals surface area contributed by atoms with Crippen LogP contribution in [-0.4, -0.2) is 17.0 Å². The van der Waals surface area contributed by atoms with Crippen LogP contribution in [-0.2, 0) is 9.59 Å². The van der Waals surface area contributed by atoms with E-state index in [0.29, 0.717) is 6.42 Å². The van der Waals surface area contributed by atoms with E-state index in [-0.39, 0.29) is 17.5 Å². The molecule has 2 bridgehead atoms. The molecule has 1 amide bonds. The molecule has 2 N–H and O–H groups in total. The summed E-state index contributed by atoms with van der Waals surface area (Å²) in [6, 6.07) is 2.75. The van der Waals surface area contributed by atoms with Gasteiger partial charge < -0.3 is 10.4 Å². The topological polar surface area (TPSA) is 66.4 Å². The molecule has 21 heavy (non-hydrogen) atoms. The molecule has 4 nitrogen and oxygen atoms in total. The average Bonchev–Trinajstić information content (AvgIpc) is 3.03. The summed E-state index contributed by atoms with van der Waals surface area (Å²) in [6.45, 7) is 0. The smallest absolute Gasteiger partial charge is 0.307 e. The normalized spacial score (nSPS) is 29.6. The van der Waals surface area contributed by atoms with Crippen molar-refractivity contribution in [3.8, 4) is 0 Å². The Bertz CT molecular complexity index is 644. The Labute approximate surface area is 119 Å². The van der Waals surface area contributed by atoms with Crippen LogP contribution in [0.3, 0.4) is 0 Å². The molecule has 4 atom stereocenters. The number of carboxylic acid groups (broad SMARTS) is 1. The zero-order valence-corrected chi connectivity index (χ0v) is 10.9. The first kappa shape index (κ1) is 13.7. The number of anilines is 1. The first-order chi connectivity index (χ1) is 9.97. The van der Waals surface area contributed by atoms with Gasteiger partial charge in [0.25, 0.3) is 0 Å². The number of halogens is 2. The predicted octanol–water partition coefficient (Wildman–Crippen LogP) is 2.43. The van der Waals surface area contributed by atoms with E-state index >= 15 is 0 Å². The van der Waals surface area contributed by atoms with Crippen molar-refractivity contribution < 1.29 is 23.5 Å². The summed E-state index contributed by atoms with van der Waals surface area (Å²) in [5.41, 5.74) is -0.268. The van der Waals surface area contributed by atoms with Gasteiger partial charge in [0.15, 0.2) is 0 Å². The molecule has 2 aliphatic rings. The summed E-state index contributed by atoms with van der Waals surface area (Å²) in [4.78, 5) is 23.6. The minimum absolute atomic E-state index is 0.160. The van der Waals surface area contributed by atoms with Gasteiger partial charge in [0.2, 0.25) is 5.91 Å². The molecule has 0 saturated heterocycles. The van der Waals surface area contributed by atoms with E-state index in [0.717, 1.165) is 18.2 Å². The minimum atomic E-state index is -1.04. The van der Waals surface area contributed by atoms with E-state index in [1.165, 1.54) is 0 Å². The van der Waals surface area contributed by atoms with Crippen LogP contribution in [0.1, 0.15) is 6.42 Å². The van der Waals surface area contributed by atoms with Gasteiger partial charge in [-0.15, -0.1) is 0 Å². The lowest BCUT2D eigenvalue weighted by Crippen LogP contribution is -2.36. The second kappa shape index (κ2) is 4.95. The number of fused-ring (bicyclic) bond motifs is 2. The van der Waals surface area contributed by atoms with Crippen molar-refractivity contribution >= 4 is 17.6 Å². The molecule has 0 spiro atoms. The summed E-state index contributed by atoms with van der Waals surface area (Å²) in [5, 5.41) is 11.6. The number of amides is 1. The molecule has 0 heterocycles. The Balaban J connectivity index is 1.83. The highest BCUT2D eigenvalue weighted by Crippen LogP contribution is 2.48. The van der Waals surface area contributed by atoms with E-state index in [1.54, 1.807) is 0 Å². The maximum atomic E-state index is 13.5. The van der Waals surface area contributed by atoms with Gasteiger partial charge in [-0.2, -0.15) is 0 Å². The molecule has 1 aromatic carbocycles. The Morgan fingerprint density at radius 2 is 1.81 bits per heavy atom. The maximum absolute atomic E-state index is 13.5. The first-order valence-corrected chi connectivity index (χ1v) is 6.64. The summed E-state index contributed by atoms with van der Waals surface area (Å²) in [5.74, 6) is -4.93. The highest BCUT2D eigenvalue weighted by molar-refractivity contribution is 5.96. The monoisotopic (exact) mass is 293 g/mol. The lowest BCUT2D eigenvalue weighted by Gasteiger charge is -2.23. The van der Waals surface area contributed by atoms with Gasteiger partial charge in [-0.05, 0) is 30.4 Å². The molecule has 6 heteroatoms. The highest BCUT2D eigenvalue weighted by Gasteiger charge is 2.51. The van der Waals surface area contributed by atoms with Crippen LogP contribution in [0.4, 0.5) is 14.5 Å². The standard InChI is InChI=1S/C15H13F2NO3/c16-9-3-4-10(17)11(6-9)18-14(19)12-7-1-2-8(5-7)13(12)15(20)21/h1-4,6-8,12-13H,5H2,(H,18,19)(H,20,21)/t7-,8+,12-,13+/m1/s1. The molecule has 3 rings (SSSR count). The number of nitrogens with one attached hydrogen (secondary N) is 1. The third-order valence-electron chi connectivity index (χ3n) is 4.23. The number of allylic oxidation sites excluding steroid dienone is 2. The number of benzene rings is 1. The number of hydrogen-bond donors (Lipinski definition) is 2. The van der Waals surface area contributed by atoms with Crippen LogP contribution < -0.4 is 5.32 Å². The van der Waals surface area contributed by atoms with Crippen molar-refractivity contribution in [3.05, 3.63) is 42.0 Å². The molecular weight excluding hydrogens is 280 g/mol. The van der Waals surface area contributed by atoms with Gasteiger partial charge in [-0.3, -0.25) is 9.59 Å². The van der Waals surface area contributed by atoms with Crippen molar-refractivity contribution in [3.63, 3.8) is 0 Å². The molecule has 1 saturated carbocycles. The Kier molecular flexibility index (Phi) is 3.23. The quantitative estimate of drug-likeness (QED) is 0.841. The van der Waals surface area contributed by atoms with Gasteiger partial charge in [0.05, 0.1) is 17.5 Å². The van der Waals surface area contributed by atoms with Crippen LogP contribution >= 0.6 is 0 Å². The van der Waals surface area contributed by atoms with Gasteiger partial charge in [0.1, 0.15) is 11.6 Å². The van der Waals surface area contributed by atoms with Crippen LogP contribution in [0.25, 0.3) is 0 Å². The molecule has 1 aromatic rings. The molecular formula is C15H13F2NO3. The van der Waals surface area contributed by atoms with E-state index in [9.17, 15) is 23.5 Å². The molecule has 2 aliphatic carbocycles. The van der Waals surface area contributed by atoms with E-state index in [2.05, 4.69) is 5.32 Å². The van der Waals surface area contributed by atoms with Crippen molar-refractivity contribution in [2.24, 2.45) is 23.7 Å². The fourth-order valence-electron chi connectivity index (χ4n) is 3.33. The lowest BCUT2D eigenvalue weighted by atomic mass is 9.82. The Morgan fingerprint density at radius 1 is 1.14 bits per heavy atom. The number of carboxylic acids is 1. The van der Waals surface area contributed by atoms with Crippen LogP contribution in [0.5, 0.6) is 0 Å². The van der Waals surface area contributed by atoms with Gasteiger partial charge in [-0.1, -0.05) is 12.2 Å². The van der Waals surface area contributed by atoms with Crippen LogP contribution in [0, 0.1) is 35.3 Å². The number of hydrogen-bond acceptors (Lipinski definition) is 2. The highest BCUT2D eigenvalue weighted by atomic mass is 19.1. The van der Waals surface area contributed by atoms with Crippen molar-refractivity contribution in [2.45, 2.75) is 6.42 Å². The molecule has 1 fully saturated rings. The second-order valence-electron chi connectivity index (χ2n) is 5.45. The largest absolute Gasteiger partial charge is 0.481 e. The fraction of sp³-hybridized carbons (Fsp3) is 0.333. The van der Waals surface area contributed by atoms with Gasteiger partial charge in [0, 0.05) is 6.07 Å². The van der Waals surface area contributed by atoms with Gasteiger partial charge >= 0.3 is 5.97 Å². The number of carbonyl (C=O) groups excluding carboxylic acids is 1. The van der Waals surface area contributed by atoms with E-state index in [4.69, 9.17) is 0 Å². The fourth-order valence-corrected chi connectivity index (χ4v) is 3.33. The van der Waals surface area contributed by atoms with Crippen LogP contribution in [0.15, 0.2) is 30.4 Å². The molecule has 110 valence electrons. The van der Waals surface area contributed by atoms with E-state index < -0.39 is 35.3 Å². The molecule has 0 aromatic heterocycles. The van der Waals surface area contributed by atoms with E-state index in [1.807, 2.05) is 12.2 Å². The third kappa shape index (κ3) is 2.30. The third-order valence-corrected chi connectivity index (χ3v) is 4.23. The summed E-state index contributed by atoms with van der Waals surface area (Å²) in [6.07, 6.45) is 4.26. The summed E-state index contributed by atoms with van der Waals surface area (Å²) >= 11 is 0. The van der Waals surface area contributed by atoms with Crippen molar-refractivity contribution in [1.29, 1.82) is 0 Å². The maximum Gasteiger partial charge on any atom is 0.307 e. The zero-order chi connectivity index (χ0) is 15.1. The Hall–Kier alpha value is -2.24. The van der Waals surface area contributed by atoms with Crippen LogP contribution in [0.2, 0.25) is 0 Å². The SMILES string of the molecule is O=C(O)[C@@H]1[C@H](C(=O)Nc2cc(F)ccc2F)[C@@H]2C=C[C@H]1C2. The predicted molar refractivity (Wildman–Crippen MR) is 70.3 cm³/mol. The number of carbonyl (C=O) groups is 2. The van der Waals surface area contributed by atoms with Gasteiger partial charge in [-0.25, -0.2) is 8.78 Å². The lowest BCUT2D eigenvalue weighted by molar-refractivity contribution is -0.146. The average molecular weight is 293 g/mol. The molecule has 0 unspecified atom stereocenters. The van der Waals surface area contributed by atoms with Crippen molar-refractivity contribution in [1.82, 2.24) is 0 Å². The minimum Gasteiger partial charge on any atom is -0.481 e. The number of rotatable bonds is 3. The van der Waals surface area contributed by atoms with Crippen molar-refractivity contribution in [2.75, 3.05) is 5.32 Å². The molecule has 0 aliphatic heterocycles. The second-order valence-corrected chi connectivity index (χ2v) is 5.45.